The molecule has 1 fully saturated rings. The van der Waals surface area contributed by atoms with Gasteiger partial charge in [0.1, 0.15) is 17.2 Å². The Morgan fingerprint density at radius 1 is 0.892 bits per heavy atom. The number of amides is 1. The van der Waals surface area contributed by atoms with Crippen LogP contribution in [-0.4, -0.2) is 54.4 Å². The molecule has 0 spiro atoms. The Kier molecular flexibility index (Phi) is 7.51. The molecule has 0 bridgehead atoms. The van der Waals surface area contributed by atoms with Gasteiger partial charge in [0.05, 0.1) is 31.5 Å². The Morgan fingerprint density at radius 2 is 1.54 bits per heavy atom. The molecule has 7 nitrogen and oxygen atoms in total. The van der Waals surface area contributed by atoms with Crippen LogP contribution in [0.5, 0.6) is 11.5 Å². The number of likely N-dealkylation sites (tertiary alicyclic amines) is 1. The zero-order valence-electron chi connectivity index (χ0n) is 21.3. The maximum Gasteiger partial charge on any atom is 0.255 e. The quantitative estimate of drug-likeness (QED) is 0.348. The first-order valence-electron chi connectivity index (χ1n) is 12.6. The molecule has 0 unspecified atom stereocenters. The largest absolute Gasteiger partial charge is 0.496 e. The van der Waals surface area contributed by atoms with Gasteiger partial charge in [-0.1, -0.05) is 48.5 Å². The lowest BCUT2D eigenvalue weighted by molar-refractivity contribution is 0.0938. The van der Waals surface area contributed by atoms with Crippen LogP contribution in [0.3, 0.4) is 0 Å². The molecule has 3 aromatic carbocycles. The third-order valence-electron chi connectivity index (χ3n) is 6.88. The van der Waals surface area contributed by atoms with Crippen molar-refractivity contribution in [3.05, 3.63) is 96.2 Å². The van der Waals surface area contributed by atoms with Crippen LogP contribution in [-0.2, 0) is 0 Å². The molecule has 1 N–H and O–H groups in total. The third kappa shape index (κ3) is 5.22. The molecule has 1 atom stereocenters. The summed E-state index contributed by atoms with van der Waals surface area (Å²) in [5, 5.41) is 8.02. The van der Waals surface area contributed by atoms with Crippen LogP contribution in [0.1, 0.15) is 34.8 Å². The molecule has 1 aromatic heterocycles. The van der Waals surface area contributed by atoms with Crippen molar-refractivity contribution in [1.29, 1.82) is 0 Å². The average Bonchev–Trinajstić information content (AvgIpc) is 3.65. The molecule has 5 rings (SSSR count). The molecule has 2 heterocycles. The highest BCUT2D eigenvalue weighted by molar-refractivity contribution is 6.00. The molecule has 4 aromatic rings. The smallest absolute Gasteiger partial charge is 0.255 e. The van der Waals surface area contributed by atoms with Gasteiger partial charge in [0.15, 0.2) is 0 Å². The van der Waals surface area contributed by atoms with Crippen molar-refractivity contribution in [2.24, 2.45) is 0 Å². The van der Waals surface area contributed by atoms with Crippen molar-refractivity contribution >= 4 is 5.91 Å². The summed E-state index contributed by atoms with van der Waals surface area (Å²) in [6, 6.07) is 25.5. The Balaban J connectivity index is 1.48. The highest BCUT2D eigenvalue weighted by atomic mass is 16.5. The van der Waals surface area contributed by atoms with E-state index in [-0.39, 0.29) is 11.9 Å². The minimum atomic E-state index is -0.179. The van der Waals surface area contributed by atoms with Gasteiger partial charge in [0, 0.05) is 23.9 Å². The van der Waals surface area contributed by atoms with Gasteiger partial charge in [-0.25, -0.2) is 4.68 Å². The second-order valence-electron chi connectivity index (χ2n) is 9.08. The van der Waals surface area contributed by atoms with E-state index in [1.165, 1.54) is 0 Å². The van der Waals surface area contributed by atoms with E-state index < -0.39 is 0 Å². The zero-order valence-corrected chi connectivity index (χ0v) is 21.3. The standard InChI is InChI=1S/C30H32N4O3/c1-36-27-16-8-6-14-23(27)26(33-18-10-11-19-33)20-31-30(35)25-21-34(22-12-4-3-5-13-22)32-29(25)24-15-7-9-17-28(24)37-2/h3-9,12-17,21,26H,10-11,18-20H2,1-2H3,(H,31,35)/t26-/m1/s1. The summed E-state index contributed by atoms with van der Waals surface area (Å²) < 4.78 is 13.0. The minimum Gasteiger partial charge on any atom is -0.496 e. The number of methoxy groups -OCH3 is 2. The molecule has 190 valence electrons. The van der Waals surface area contributed by atoms with Crippen molar-refractivity contribution in [3.63, 3.8) is 0 Å². The first-order chi connectivity index (χ1) is 18.2. The molecule has 0 radical (unpaired) electrons. The van der Waals surface area contributed by atoms with Gasteiger partial charge in [0.25, 0.3) is 5.91 Å². The van der Waals surface area contributed by atoms with Crippen LogP contribution < -0.4 is 14.8 Å². The second-order valence-corrected chi connectivity index (χ2v) is 9.08. The number of aromatic nitrogens is 2. The van der Waals surface area contributed by atoms with Gasteiger partial charge >= 0.3 is 0 Å². The number of hydrogen-bond donors (Lipinski definition) is 1. The van der Waals surface area contributed by atoms with Crippen LogP contribution in [0, 0.1) is 0 Å². The van der Waals surface area contributed by atoms with Crippen LogP contribution in [0.4, 0.5) is 0 Å². The van der Waals surface area contributed by atoms with Gasteiger partial charge in [0.2, 0.25) is 0 Å². The van der Waals surface area contributed by atoms with Gasteiger partial charge < -0.3 is 14.8 Å². The molecule has 1 saturated heterocycles. The van der Waals surface area contributed by atoms with Crippen LogP contribution in [0.2, 0.25) is 0 Å². The molecule has 1 aliphatic heterocycles. The van der Waals surface area contributed by atoms with E-state index in [0.717, 1.165) is 48.5 Å². The van der Waals surface area contributed by atoms with Crippen LogP contribution in [0.15, 0.2) is 85.1 Å². The lowest BCUT2D eigenvalue weighted by atomic mass is 10.0. The van der Waals surface area contributed by atoms with Crippen molar-refractivity contribution in [2.45, 2.75) is 18.9 Å². The number of nitrogens with zero attached hydrogens (tertiary/aromatic N) is 3. The van der Waals surface area contributed by atoms with Crippen molar-refractivity contribution < 1.29 is 14.3 Å². The van der Waals surface area contributed by atoms with Crippen molar-refractivity contribution in [3.8, 4) is 28.4 Å². The fourth-order valence-corrected chi connectivity index (χ4v) is 5.01. The fraction of sp³-hybridized carbons (Fsp3) is 0.267. The summed E-state index contributed by atoms with van der Waals surface area (Å²) in [6.07, 6.45) is 4.10. The SMILES string of the molecule is COc1ccccc1-c1nn(-c2ccccc2)cc1C(=O)NC[C@H](c1ccccc1OC)N1CCCC1. The van der Waals surface area contributed by atoms with E-state index in [1.54, 1.807) is 25.1 Å². The summed E-state index contributed by atoms with van der Waals surface area (Å²) in [5.74, 6) is 1.32. The summed E-state index contributed by atoms with van der Waals surface area (Å²) >= 11 is 0. The lowest BCUT2D eigenvalue weighted by Crippen LogP contribution is -2.37. The van der Waals surface area contributed by atoms with E-state index in [2.05, 4.69) is 16.3 Å². The number of ether oxygens (including phenoxy) is 2. The van der Waals surface area contributed by atoms with Crippen LogP contribution >= 0.6 is 0 Å². The molecule has 1 aliphatic rings. The molecular formula is C30H32N4O3. The summed E-state index contributed by atoms with van der Waals surface area (Å²) in [5.41, 5.74) is 3.80. The number of benzene rings is 3. The molecule has 0 saturated carbocycles. The summed E-state index contributed by atoms with van der Waals surface area (Å²) in [4.78, 5) is 16.2. The van der Waals surface area contributed by atoms with Crippen molar-refractivity contribution in [1.82, 2.24) is 20.0 Å². The number of hydrogen-bond acceptors (Lipinski definition) is 5. The van der Waals surface area contributed by atoms with Crippen LogP contribution in [0.25, 0.3) is 16.9 Å². The third-order valence-corrected chi connectivity index (χ3v) is 6.88. The van der Waals surface area contributed by atoms with E-state index in [9.17, 15) is 4.79 Å². The average molecular weight is 497 g/mol. The van der Waals surface area contributed by atoms with E-state index in [0.29, 0.717) is 23.6 Å². The van der Waals surface area contributed by atoms with E-state index in [1.807, 2.05) is 72.8 Å². The van der Waals surface area contributed by atoms with E-state index in [4.69, 9.17) is 14.6 Å². The van der Waals surface area contributed by atoms with Gasteiger partial charge in [-0.15, -0.1) is 0 Å². The molecule has 37 heavy (non-hydrogen) atoms. The van der Waals surface area contributed by atoms with Gasteiger partial charge in [-0.05, 0) is 56.3 Å². The van der Waals surface area contributed by atoms with E-state index >= 15 is 0 Å². The zero-order chi connectivity index (χ0) is 25.6. The molecule has 0 aliphatic carbocycles. The maximum absolute atomic E-state index is 13.7. The maximum atomic E-state index is 13.7. The number of carbonyl (C=O) groups is 1. The molecule has 1 amide bonds. The Hall–Kier alpha value is -4.10. The van der Waals surface area contributed by atoms with Gasteiger partial charge in [-0.3, -0.25) is 9.69 Å². The summed E-state index contributed by atoms with van der Waals surface area (Å²) in [6.45, 7) is 2.45. The number of nitrogens with one attached hydrogen (secondary N) is 1. The highest BCUT2D eigenvalue weighted by Crippen LogP contribution is 2.33. The normalized spacial score (nSPS) is 14.3. The highest BCUT2D eigenvalue weighted by Gasteiger charge is 2.28. The Labute approximate surface area is 217 Å². The fourth-order valence-electron chi connectivity index (χ4n) is 5.01. The minimum absolute atomic E-state index is 0.0153. The van der Waals surface area contributed by atoms with Crippen molar-refractivity contribution in [2.75, 3.05) is 33.9 Å². The number of carbonyl (C=O) groups excluding carboxylic acids is 1. The topological polar surface area (TPSA) is 68.6 Å². The summed E-state index contributed by atoms with van der Waals surface area (Å²) in [7, 11) is 3.32. The Bertz CT molecular complexity index is 1350. The Morgan fingerprint density at radius 3 is 2.27 bits per heavy atom. The monoisotopic (exact) mass is 496 g/mol. The first kappa shape index (κ1) is 24.6. The lowest BCUT2D eigenvalue weighted by Gasteiger charge is -2.29. The van der Waals surface area contributed by atoms with Gasteiger partial charge in [-0.2, -0.15) is 5.10 Å². The first-order valence-corrected chi connectivity index (χ1v) is 12.6. The molecular weight excluding hydrogens is 464 g/mol. The predicted octanol–water partition coefficient (Wildman–Crippen LogP) is 5.12. The predicted molar refractivity (Wildman–Crippen MR) is 144 cm³/mol. The number of para-hydroxylation sites is 3. The molecule has 7 heteroatoms. The number of rotatable bonds is 9. The second kappa shape index (κ2) is 11.3.